The molecule has 0 spiro atoms. The highest BCUT2D eigenvalue weighted by Gasteiger charge is 2.23. The molecule has 0 N–H and O–H groups in total. The number of para-hydroxylation sites is 4. The van der Waals surface area contributed by atoms with Crippen molar-refractivity contribution < 1.29 is 0 Å². The number of nitrogens with zero attached hydrogens (tertiary/aromatic N) is 6. The van der Waals surface area contributed by atoms with Crippen LogP contribution in [0, 0.1) is 6.92 Å². The van der Waals surface area contributed by atoms with Gasteiger partial charge in [0.15, 0.2) is 16.8 Å². The number of hydrogen-bond acceptors (Lipinski definition) is 6. The summed E-state index contributed by atoms with van der Waals surface area (Å²) in [5.74, 6) is 1.70. The van der Waals surface area contributed by atoms with Gasteiger partial charge in [-0.25, -0.2) is 19.9 Å². The first-order valence-corrected chi connectivity index (χ1v) is 9.72. The summed E-state index contributed by atoms with van der Waals surface area (Å²) in [6.45, 7) is 5.30. The average Bonchev–Trinajstić information content (AvgIpc) is 2.73. The van der Waals surface area contributed by atoms with Gasteiger partial charge in [0.25, 0.3) is 0 Å². The topological polar surface area (TPSA) is 58.0 Å². The number of rotatable bonds is 2. The lowest BCUT2D eigenvalue weighted by Gasteiger charge is -2.36. The largest absolute Gasteiger partial charge is 0.352 e. The van der Waals surface area contributed by atoms with E-state index in [0.29, 0.717) is 5.15 Å². The van der Waals surface area contributed by atoms with E-state index in [4.69, 9.17) is 26.6 Å². The Labute approximate surface area is 167 Å². The Kier molecular flexibility index (Phi) is 4.20. The Balaban J connectivity index is 1.40. The number of piperazine rings is 1. The van der Waals surface area contributed by atoms with Gasteiger partial charge in [-0.05, 0) is 31.2 Å². The Hall–Kier alpha value is -2.99. The summed E-state index contributed by atoms with van der Waals surface area (Å²) < 4.78 is 0. The molecule has 3 heterocycles. The van der Waals surface area contributed by atoms with Gasteiger partial charge in [0.05, 0.1) is 27.8 Å². The number of hydrogen-bond donors (Lipinski definition) is 0. The van der Waals surface area contributed by atoms with Crippen molar-refractivity contribution in [2.75, 3.05) is 36.0 Å². The van der Waals surface area contributed by atoms with Gasteiger partial charge in [-0.2, -0.15) is 0 Å². The molecule has 0 unspecified atom stereocenters. The maximum absolute atomic E-state index is 6.43. The Morgan fingerprint density at radius 1 is 0.643 bits per heavy atom. The number of aromatic nitrogens is 4. The SMILES string of the molecule is Cc1nc2ccccc2nc1N1CCN(c2nc3ccccc3nc2Cl)CC1. The lowest BCUT2D eigenvalue weighted by Crippen LogP contribution is -2.47. The van der Waals surface area contributed by atoms with Crippen molar-refractivity contribution in [3.63, 3.8) is 0 Å². The molecule has 4 aromatic rings. The van der Waals surface area contributed by atoms with Crippen LogP contribution in [-0.2, 0) is 0 Å². The van der Waals surface area contributed by atoms with Crippen molar-refractivity contribution >= 4 is 45.3 Å². The van der Waals surface area contributed by atoms with E-state index in [2.05, 4.69) is 14.8 Å². The molecule has 2 aromatic carbocycles. The van der Waals surface area contributed by atoms with Crippen LogP contribution in [0.15, 0.2) is 48.5 Å². The summed E-state index contributed by atoms with van der Waals surface area (Å²) in [6, 6.07) is 15.8. The van der Waals surface area contributed by atoms with Crippen LogP contribution in [0.1, 0.15) is 5.69 Å². The normalized spacial score (nSPS) is 14.8. The van der Waals surface area contributed by atoms with Gasteiger partial charge in [-0.1, -0.05) is 35.9 Å². The van der Waals surface area contributed by atoms with Gasteiger partial charge in [0.1, 0.15) is 0 Å². The molecule has 1 saturated heterocycles. The van der Waals surface area contributed by atoms with E-state index in [9.17, 15) is 0 Å². The summed E-state index contributed by atoms with van der Waals surface area (Å²) in [5, 5.41) is 0.453. The smallest absolute Gasteiger partial charge is 0.172 e. The van der Waals surface area contributed by atoms with Crippen molar-refractivity contribution in [2.45, 2.75) is 6.92 Å². The summed E-state index contributed by atoms with van der Waals surface area (Å²) in [4.78, 5) is 23.3. The standard InChI is InChI=1S/C21H19ClN6/c1-14-20(25-17-8-4-2-6-15(17)23-14)27-10-12-28(13-11-27)21-19(22)24-16-7-3-5-9-18(16)26-21/h2-9H,10-13H2,1H3. The Morgan fingerprint density at radius 2 is 1.07 bits per heavy atom. The fraction of sp³-hybridized carbons (Fsp3) is 0.238. The minimum absolute atomic E-state index is 0.453. The molecular weight excluding hydrogens is 372 g/mol. The van der Waals surface area contributed by atoms with E-state index in [1.165, 1.54) is 0 Å². The molecule has 1 aliphatic heterocycles. The van der Waals surface area contributed by atoms with Gasteiger partial charge < -0.3 is 9.80 Å². The average molecular weight is 391 g/mol. The monoisotopic (exact) mass is 390 g/mol. The number of benzene rings is 2. The number of fused-ring (bicyclic) bond motifs is 2. The molecule has 0 saturated carbocycles. The fourth-order valence-corrected chi connectivity index (χ4v) is 3.93. The third-order valence-electron chi connectivity index (χ3n) is 5.11. The minimum Gasteiger partial charge on any atom is -0.352 e. The van der Waals surface area contributed by atoms with E-state index < -0.39 is 0 Å². The van der Waals surface area contributed by atoms with Crippen molar-refractivity contribution in [1.29, 1.82) is 0 Å². The summed E-state index contributed by atoms with van der Waals surface area (Å²) in [6.07, 6.45) is 0. The van der Waals surface area contributed by atoms with Gasteiger partial charge >= 0.3 is 0 Å². The second-order valence-electron chi connectivity index (χ2n) is 6.92. The third kappa shape index (κ3) is 2.99. The van der Waals surface area contributed by atoms with Crippen LogP contribution in [0.5, 0.6) is 0 Å². The number of halogens is 1. The third-order valence-corrected chi connectivity index (χ3v) is 5.36. The second-order valence-corrected chi connectivity index (χ2v) is 7.28. The van der Waals surface area contributed by atoms with E-state index in [0.717, 1.165) is 65.6 Å². The van der Waals surface area contributed by atoms with Crippen LogP contribution in [0.3, 0.4) is 0 Å². The van der Waals surface area contributed by atoms with E-state index in [-0.39, 0.29) is 0 Å². The maximum atomic E-state index is 6.43. The molecule has 0 amide bonds. The van der Waals surface area contributed by atoms with Crippen molar-refractivity contribution in [3.05, 3.63) is 59.4 Å². The summed E-state index contributed by atoms with van der Waals surface area (Å²) in [7, 11) is 0. The van der Waals surface area contributed by atoms with Crippen molar-refractivity contribution in [1.82, 2.24) is 19.9 Å². The molecular formula is C21H19ClN6. The van der Waals surface area contributed by atoms with Gasteiger partial charge in [-0.3, -0.25) is 0 Å². The predicted molar refractivity (Wildman–Crippen MR) is 113 cm³/mol. The van der Waals surface area contributed by atoms with Gasteiger partial charge in [-0.15, -0.1) is 0 Å². The molecule has 1 fully saturated rings. The van der Waals surface area contributed by atoms with Crippen LogP contribution in [0.4, 0.5) is 11.6 Å². The molecule has 1 aliphatic rings. The second kappa shape index (κ2) is 6.87. The van der Waals surface area contributed by atoms with E-state index in [1.54, 1.807) is 0 Å². The molecule has 28 heavy (non-hydrogen) atoms. The zero-order valence-corrected chi connectivity index (χ0v) is 16.3. The summed E-state index contributed by atoms with van der Waals surface area (Å²) >= 11 is 6.43. The quantitative estimate of drug-likeness (QED) is 0.518. The molecule has 5 rings (SSSR count). The summed E-state index contributed by atoms with van der Waals surface area (Å²) in [5.41, 5.74) is 4.49. The highest BCUT2D eigenvalue weighted by molar-refractivity contribution is 6.32. The molecule has 0 radical (unpaired) electrons. The predicted octanol–water partition coefficient (Wildman–Crippen LogP) is 3.86. The molecule has 0 bridgehead atoms. The Bertz CT molecular complexity index is 1080. The van der Waals surface area contributed by atoms with Crippen LogP contribution < -0.4 is 9.80 Å². The zero-order valence-electron chi connectivity index (χ0n) is 15.5. The first-order valence-electron chi connectivity index (χ1n) is 9.34. The molecule has 7 heteroatoms. The Morgan fingerprint density at radius 3 is 1.64 bits per heavy atom. The highest BCUT2D eigenvalue weighted by atomic mass is 35.5. The van der Waals surface area contributed by atoms with E-state index >= 15 is 0 Å². The van der Waals surface area contributed by atoms with Crippen LogP contribution in [-0.4, -0.2) is 46.1 Å². The van der Waals surface area contributed by atoms with Crippen LogP contribution in [0.25, 0.3) is 22.1 Å². The van der Waals surface area contributed by atoms with Crippen LogP contribution in [0.2, 0.25) is 5.15 Å². The molecule has 2 aromatic heterocycles. The number of aryl methyl sites for hydroxylation is 1. The molecule has 0 atom stereocenters. The molecule has 6 nitrogen and oxygen atoms in total. The molecule has 0 aliphatic carbocycles. The van der Waals surface area contributed by atoms with Crippen LogP contribution >= 0.6 is 11.6 Å². The van der Waals surface area contributed by atoms with E-state index in [1.807, 2.05) is 55.5 Å². The lowest BCUT2D eigenvalue weighted by molar-refractivity contribution is 0.640. The van der Waals surface area contributed by atoms with Gasteiger partial charge in [0, 0.05) is 26.2 Å². The number of anilines is 2. The lowest BCUT2D eigenvalue weighted by atomic mass is 10.2. The fourth-order valence-electron chi connectivity index (χ4n) is 3.68. The minimum atomic E-state index is 0.453. The molecule has 140 valence electrons. The maximum Gasteiger partial charge on any atom is 0.172 e. The zero-order chi connectivity index (χ0) is 19.1. The van der Waals surface area contributed by atoms with Gasteiger partial charge in [0.2, 0.25) is 0 Å². The van der Waals surface area contributed by atoms with Crippen molar-refractivity contribution in [2.24, 2.45) is 0 Å². The first kappa shape index (κ1) is 17.1. The highest BCUT2D eigenvalue weighted by Crippen LogP contribution is 2.27. The first-order chi connectivity index (χ1) is 13.7. The van der Waals surface area contributed by atoms with Crippen molar-refractivity contribution in [3.8, 4) is 0 Å².